The van der Waals surface area contributed by atoms with E-state index in [1.807, 2.05) is 0 Å². The topological polar surface area (TPSA) is 152 Å². The van der Waals surface area contributed by atoms with Gasteiger partial charge in [0.25, 0.3) is 23.3 Å². The number of alkyl halides is 2. The van der Waals surface area contributed by atoms with Gasteiger partial charge in [-0.1, -0.05) is 41.9 Å². The first kappa shape index (κ1) is 33.0. The van der Waals surface area contributed by atoms with Crippen molar-refractivity contribution in [2.75, 3.05) is 12.4 Å². The number of halogens is 3. The van der Waals surface area contributed by atoms with Crippen LogP contribution in [0.15, 0.2) is 65.6 Å². The molecule has 0 saturated carbocycles. The number of hydrogen-bond donors (Lipinski definition) is 3. The number of anilines is 1. The lowest BCUT2D eigenvalue weighted by Crippen LogP contribution is -2.41. The highest BCUT2D eigenvalue weighted by Crippen LogP contribution is 2.36. The van der Waals surface area contributed by atoms with Gasteiger partial charge < -0.3 is 25.1 Å². The molecule has 4 rings (SSSR count). The zero-order valence-corrected chi connectivity index (χ0v) is 25.5. The number of methoxy groups -OCH3 is 1. The zero-order valence-electron chi connectivity index (χ0n) is 24.7. The molecule has 45 heavy (non-hydrogen) atoms. The molecule has 2 aromatic carbocycles. The highest BCUT2D eigenvalue weighted by atomic mass is 35.5. The Balaban J connectivity index is 1.56. The van der Waals surface area contributed by atoms with E-state index in [2.05, 4.69) is 25.6 Å². The first-order valence-corrected chi connectivity index (χ1v) is 14.0. The lowest BCUT2D eigenvalue weighted by atomic mass is 9.96. The van der Waals surface area contributed by atoms with Crippen LogP contribution in [-0.2, 0) is 9.53 Å². The van der Waals surface area contributed by atoms with Crippen molar-refractivity contribution >= 4 is 46.1 Å². The number of nitrogens with zero attached hydrogens (tertiary/aromatic N) is 2. The number of amides is 2. The van der Waals surface area contributed by atoms with Crippen LogP contribution in [0.2, 0.25) is 5.02 Å². The van der Waals surface area contributed by atoms with Gasteiger partial charge in [-0.2, -0.15) is 4.98 Å². The fourth-order valence-corrected chi connectivity index (χ4v) is 4.46. The summed E-state index contributed by atoms with van der Waals surface area (Å²) in [5, 5.41) is 5.20. The Morgan fingerprint density at radius 3 is 2.42 bits per heavy atom. The number of esters is 1. The van der Waals surface area contributed by atoms with Gasteiger partial charge in [-0.3, -0.25) is 19.2 Å². The molecule has 0 saturated heterocycles. The first-order valence-electron chi connectivity index (χ1n) is 13.7. The molecule has 236 valence electrons. The fraction of sp³-hybridized carbons (Fsp3) is 0.290. The van der Waals surface area contributed by atoms with Crippen molar-refractivity contribution in [1.29, 1.82) is 0 Å². The number of benzene rings is 2. The van der Waals surface area contributed by atoms with Gasteiger partial charge in [0.15, 0.2) is 0 Å². The van der Waals surface area contributed by atoms with Crippen molar-refractivity contribution < 1.29 is 32.6 Å². The number of carbonyl (C=O) groups is 3. The summed E-state index contributed by atoms with van der Waals surface area (Å²) in [5.41, 5.74) is -1.79. The van der Waals surface area contributed by atoms with Gasteiger partial charge in [-0.05, 0) is 50.6 Å². The van der Waals surface area contributed by atoms with E-state index < -0.39 is 53.7 Å². The minimum atomic E-state index is -3.55. The maximum Gasteiger partial charge on any atom is 0.318 e. The summed E-state index contributed by atoms with van der Waals surface area (Å²) in [6.45, 7) is 4.89. The Hall–Kier alpha value is -4.91. The van der Waals surface area contributed by atoms with E-state index in [1.54, 1.807) is 39.0 Å². The highest BCUT2D eigenvalue weighted by Gasteiger charge is 2.42. The Bertz CT molecular complexity index is 1790. The summed E-state index contributed by atoms with van der Waals surface area (Å²) in [6.07, 6.45) is -0.103. The molecule has 0 fully saturated rings. The molecule has 0 bridgehead atoms. The average Bonchev–Trinajstić information content (AvgIpc) is 2.98. The van der Waals surface area contributed by atoms with E-state index in [1.165, 1.54) is 49.7 Å². The summed E-state index contributed by atoms with van der Waals surface area (Å²) in [6, 6.07) is 10.9. The van der Waals surface area contributed by atoms with Crippen molar-refractivity contribution in [3.63, 3.8) is 0 Å². The second kappa shape index (κ2) is 13.4. The number of H-pyrrole nitrogens is 1. The normalized spacial score (nSPS) is 12.3. The molecule has 0 aliphatic heterocycles. The third-order valence-electron chi connectivity index (χ3n) is 6.39. The van der Waals surface area contributed by atoms with Crippen LogP contribution in [0.3, 0.4) is 0 Å². The van der Waals surface area contributed by atoms with Crippen LogP contribution >= 0.6 is 11.6 Å². The summed E-state index contributed by atoms with van der Waals surface area (Å²) in [7, 11) is 1.36. The molecule has 3 N–H and O–H groups in total. The molecule has 0 spiro atoms. The minimum Gasteiger partial charge on any atom is -0.467 e. The monoisotopic (exact) mass is 641 g/mol. The number of aromatic amines is 1. The van der Waals surface area contributed by atoms with Gasteiger partial charge in [0, 0.05) is 23.6 Å². The molecular weight excluding hydrogens is 612 g/mol. The van der Waals surface area contributed by atoms with E-state index in [4.69, 9.17) is 21.1 Å². The van der Waals surface area contributed by atoms with Gasteiger partial charge in [-0.15, -0.1) is 0 Å². The molecule has 1 unspecified atom stereocenters. The van der Waals surface area contributed by atoms with Crippen LogP contribution in [0.1, 0.15) is 65.9 Å². The first-order chi connectivity index (χ1) is 21.2. The number of carbonyl (C=O) groups excluding carboxylic acids is 3. The van der Waals surface area contributed by atoms with Crippen molar-refractivity contribution in [3.8, 4) is 6.01 Å². The van der Waals surface area contributed by atoms with Crippen molar-refractivity contribution in [2.45, 2.75) is 51.2 Å². The molecular formula is C31H30ClF2N5O6. The van der Waals surface area contributed by atoms with E-state index in [0.29, 0.717) is 5.39 Å². The van der Waals surface area contributed by atoms with E-state index in [0.717, 1.165) is 0 Å². The molecule has 11 nitrogen and oxygen atoms in total. The SMILES string of the molecule is COc1ncc2cc(C(=O)Nc3cc(C(=O)NC(c4ccccc4)C(F)(F)CCC(=O)OC(C)(C)C)ccc3Cl)c(=O)[nH]c2n1. The summed E-state index contributed by atoms with van der Waals surface area (Å²) in [4.78, 5) is 61.6. The molecule has 0 radical (unpaired) electrons. The predicted molar refractivity (Wildman–Crippen MR) is 163 cm³/mol. The third-order valence-corrected chi connectivity index (χ3v) is 6.72. The van der Waals surface area contributed by atoms with Gasteiger partial charge in [0.1, 0.15) is 22.9 Å². The second-order valence-corrected chi connectivity index (χ2v) is 11.4. The van der Waals surface area contributed by atoms with E-state index in [9.17, 15) is 19.2 Å². The standard InChI is InChI=1S/C31H30ClF2N5O6/c1-30(2,3)45-23(40)12-13-31(33,34)24(17-8-6-5-7-9-17)37-26(41)18-10-11-21(32)22(15-18)36-27(42)20-14-19-16-35-29(44-4)39-25(19)38-28(20)43/h5-11,14-16,24H,12-13H2,1-4H3,(H,36,42)(H,37,41)(H,35,38,39,43). The molecule has 14 heteroatoms. The van der Waals surface area contributed by atoms with Crippen LogP contribution < -0.4 is 20.9 Å². The van der Waals surface area contributed by atoms with E-state index >= 15 is 8.78 Å². The van der Waals surface area contributed by atoms with Crippen LogP contribution in [0.4, 0.5) is 14.5 Å². The van der Waals surface area contributed by atoms with Gasteiger partial charge in [0.05, 0.1) is 24.2 Å². The molecule has 0 aliphatic rings. The quantitative estimate of drug-likeness (QED) is 0.193. The Kier molecular flexibility index (Phi) is 9.81. The Morgan fingerprint density at radius 1 is 1.04 bits per heavy atom. The summed E-state index contributed by atoms with van der Waals surface area (Å²) in [5.74, 6) is -6.11. The van der Waals surface area contributed by atoms with Crippen LogP contribution in [0.5, 0.6) is 6.01 Å². The van der Waals surface area contributed by atoms with Crippen LogP contribution in [0, 0.1) is 0 Å². The maximum atomic E-state index is 15.6. The molecule has 2 aromatic heterocycles. The number of ether oxygens (including phenoxy) is 2. The molecule has 1 atom stereocenters. The highest BCUT2D eigenvalue weighted by molar-refractivity contribution is 6.34. The number of aromatic nitrogens is 3. The van der Waals surface area contributed by atoms with Gasteiger partial charge in [-0.25, -0.2) is 13.8 Å². The van der Waals surface area contributed by atoms with Gasteiger partial charge >= 0.3 is 12.0 Å². The van der Waals surface area contributed by atoms with Crippen molar-refractivity contribution in [2.24, 2.45) is 0 Å². The van der Waals surface area contributed by atoms with E-state index in [-0.39, 0.29) is 39.1 Å². The zero-order chi connectivity index (χ0) is 32.9. The number of hydrogen-bond acceptors (Lipinski definition) is 8. The largest absolute Gasteiger partial charge is 0.467 e. The summed E-state index contributed by atoms with van der Waals surface area (Å²) >= 11 is 6.26. The predicted octanol–water partition coefficient (Wildman–Crippen LogP) is 5.46. The van der Waals surface area contributed by atoms with Crippen molar-refractivity contribution in [1.82, 2.24) is 20.3 Å². The fourth-order valence-electron chi connectivity index (χ4n) is 4.29. The molecule has 2 heterocycles. The molecule has 4 aromatic rings. The lowest BCUT2D eigenvalue weighted by molar-refractivity contribution is -0.157. The molecule has 2 amide bonds. The number of fused-ring (bicyclic) bond motifs is 1. The van der Waals surface area contributed by atoms with Crippen LogP contribution in [0.25, 0.3) is 11.0 Å². The van der Waals surface area contributed by atoms with Gasteiger partial charge in [0.2, 0.25) is 0 Å². The van der Waals surface area contributed by atoms with Crippen LogP contribution in [-0.4, -0.2) is 51.4 Å². The smallest absolute Gasteiger partial charge is 0.318 e. The maximum absolute atomic E-state index is 15.6. The lowest BCUT2D eigenvalue weighted by Gasteiger charge is -2.29. The Morgan fingerprint density at radius 2 is 1.76 bits per heavy atom. The number of rotatable bonds is 10. The average molecular weight is 642 g/mol. The number of pyridine rings is 1. The Labute approximate surface area is 261 Å². The summed E-state index contributed by atoms with van der Waals surface area (Å²) < 4.78 is 41.3. The second-order valence-electron chi connectivity index (χ2n) is 11.0. The minimum absolute atomic E-state index is 0.0208. The third kappa shape index (κ3) is 8.38. The number of nitrogens with one attached hydrogen (secondary N) is 3. The molecule has 0 aliphatic carbocycles. The van der Waals surface area contributed by atoms with Crippen molar-refractivity contribution in [3.05, 3.63) is 92.9 Å².